The Bertz CT molecular complexity index is 456. The highest BCUT2D eigenvalue weighted by molar-refractivity contribution is 5.86. The van der Waals surface area contributed by atoms with E-state index in [1.165, 1.54) is 6.92 Å². The molecule has 1 rings (SSSR count). The fraction of sp³-hybridized carbons (Fsp3) is 0.429. The Kier molecular flexibility index (Phi) is 4.92. The molecule has 1 aromatic carbocycles. The minimum atomic E-state index is -1.20. The van der Waals surface area contributed by atoms with Gasteiger partial charge in [0.25, 0.3) is 0 Å². The molecule has 1 aromatic rings. The number of carboxylic acid groups (broad SMARTS) is 1. The molecule has 0 aromatic heterocycles. The number of carboxylic acids is 1. The maximum Gasteiger partial charge on any atom is 0.329 e. The number of carbonyl (C=O) groups excluding carboxylic acids is 1. The number of benzene rings is 1. The normalized spacial score (nSPS) is 13.6. The van der Waals surface area contributed by atoms with Gasteiger partial charge in [-0.05, 0) is 37.5 Å². The zero-order valence-electron chi connectivity index (χ0n) is 11.3. The third-order valence-corrected chi connectivity index (χ3v) is 3.21. The van der Waals surface area contributed by atoms with E-state index in [2.05, 4.69) is 5.32 Å². The largest absolute Gasteiger partial charge is 0.480 e. The summed E-state index contributed by atoms with van der Waals surface area (Å²) in [5.41, 5.74) is 6.05. The SMILES string of the molecule is CCC(C)(NC(=O)CCc1ccc(N)cc1)C(=O)O. The number of aryl methyl sites for hydroxylation is 1. The van der Waals surface area contributed by atoms with Gasteiger partial charge in [-0.25, -0.2) is 4.79 Å². The lowest BCUT2D eigenvalue weighted by molar-refractivity contribution is -0.147. The van der Waals surface area contributed by atoms with Crippen LogP contribution >= 0.6 is 0 Å². The summed E-state index contributed by atoms with van der Waals surface area (Å²) in [6.07, 6.45) is 1.16. The molecule has 0 spiro atoms. The van der Waals surface area contributed by atoms with Crippen LogP contribution in [0.5, 0.6) is 0 Å². The van der Waals surface area contributed by atoms with E-state index in [1.807, 2.05) is 12.1 Å². The Hall–Kier alpha value is -2.04. The molecule has 0 saturated heterocycles. The fourth-order valence-corrected chi connectivity index (χ4v) is 1.61. The van der Waals surface area contributed by atoms with Crippen molar-refractivity contribution < 1.29 is 14.7 Å². The summed E-state index contributed by atoms with van der Waals surface area (Å²) in [6.45, 7) is 3.24. The van der Waals surface area contributed by atoms with Gasteiger partial charge in [-0.2, -0.15) is 0 Å². The number of nitrogens with two attached hydrogens (primary N) is 1. The molecule has 0 aliphatic carbocycles. The highest BCUT2D eigenvalue weighted by Gasteiger charge is 2.32. The van der Waals surface area contributed by atoms with Crippen LogP contribution in [0.2, 0.25) is 0 Å². The molecule has 1 unspecified atom stereocenters. The van der Waals surface area contributed by atoms with Crippen molar-refractivity contribution in [2.75, 3.05) is 5.73 Å². The minimum Gasteiger partial charge on any atom is -0.480 e. The number of nitrogen functional groups attached to an aromatic ring is 1. The standard InChI is InChI=1S/C14H20N2O3/c1-3-14(2,13(18)19)16-12(17)9-6-10-4-7-11(15)8-5-10/h4-5,7-8H,3,6,9,15H2,1-2H3,(H,16,17)(H,18,19). The summed E-state index contributed by atoms with van der Waals surface area (Å²) in [4.78, 5) is 22.8. The van der Waals surface area contributed by atoms with Gasteiger partial charge in [0, 0.05) is 12.1 Å². The monoisotopic (exact) mass is 264 g/mol. The van der Waals surface area contributed by atoms with Crippen LogP contribution in [0.3, 0.4) is 0 Å². The number of anilines is 1. The topological polar surface area (TPSA) is 92.4 Å². The van der Waals surface area contributed by atoms with Gasteiger partial charge >= 0.3 is 5.97 Å². The van der Waals surface area contributed by atoms with Crippen molar-refractivity contribution >= 4 is 17.6 Å². The van der Waals surface area contributed by atoms with Crippen molar-refractivity contribution in [1.29, 1.82) is 0 Å². The number of aliphatic carboxylic acids is 1. The number of carbonyl (C=O) groups is 2. The lowest BCUT2D eigenvalue weighted by Crippen LogP contribution is -2.51. The van der Waals surface area contributed by atoms with Crippen LogP contribution in [0.15, 0.2) is 24.3 Å². The second-order valence-electron chi connectivity index (χ2n) is 4.78. The highest BCUT2D eigenvalue weighted by atomic mass is 16.4. The Balaban J connectivity index is 2.52. The fourth-order valence-electron chi connectivity index (χ4n) is 1.61. The van der Waals surface area contributed by atoms with Crippen molar-refractivity contribution in [2.45, 2.75) is 38.6 Å². The third-order valence-electron chi connectivity index (χ3n) is 3.21. The zero-order chi connectivity index (χ0) is 14.5. The molecular weight excluding hydrogens is 244 g/mol. The Morgan fingerprint density at radius 3 is 2.37 bits per heavy atom. The van der Waals surface area contributed by atoms with Gasteiger partial charge in [-0.15, -0.1) is 0 Å². The number of hydrogen-bond donors (Lipinski definition) is 3. The van der Waals surface area contributed by atoms with Gasteiger partial charge < -0.3 is 16.2 Å². The van der Waals surface area contributed by atoms with Crippen molar-refractivity contribution in [3.63, 3.8) is 0 Å². The Labute approximate surface area is 112 Å². The molecule has 104 valence electrons. The maximum absolute atomic E-state index is 11.8. The van der Waals surface area contributed by atoms with E-state index < -0.39 is 11.5 Å². The second-order valence-corrected chi connectivity index (χ2v) is 4.78. The predicted octanol–water partition coefficient (Wildman–Crippen LogP) is 1.57. The molecule has 0 radical (unpaired) electrons. The average molecular weight is 264 g/mol. The molecule has 0 saturated carbocycles. The zero-order valence-corrected chi connectivity index (χ0v) is 11.3. The van der Waals surface area contributed by atoms with E-state index in [1.54, 1.807) is 19.1 Å². The van der Waals surface area contributed by atoms with Crippen LogP contribution in [0, 0.1) is 0 Å². The van der Waals surface area contributed by atoms with Crippen LogP contribution in [0.1, 0.15) is 32.3 Å². The van der Waals surface area contributed by atoms with Crippen molar-refractivity contribution in [2.24, 2.45) is 0 Å². The van der Waals surface area contributed by atoms with Crippen LogP contribution in [0.4, 0.5) is 5.69 Å². The van der Waals surface area contributed by atoms with E-state index in [9.17, 15) is 9.59 Å². The van der Waals surface area contributed by atoms with Gasteiger partial charge in [0.15, 0.2) is 0 Å². The van der Waals surface area contributed by atoms with Crippen molar-refractivity contribution in [3.05, 3.63) is 29.8 Å². The summed E-state index contributed by atoms with van der Waals surface area (Å²) < 4.78 is 0. The molecule has 0 aliphatic heterocycles. The smallest absolute Gasteiger partial charge is 0.329 e. The predicted molar refractivity (Wildman–Crippen MR) is 73.6 cm³/mol. The average Bonchev–Trinajstić information content (AvgIpc) is 2.37. The molecular formula is C14H20N2O3. The molecule has 0 fully saturated rings. The van der Waals surface area contributed by atoms with Gasteiger partial charge in [0.05, 0.1) is 0 Å². The van der Waals surface area contributed by atoms with Crippen LogP contribution in [-0.4, -0.2) is 22.5 Å². The molecule has 4 N–H and O–H groups in total. The second kappa shape index (κ2) is 6.22. The van der Waals surface area contributed by atoms with Gasteiger partial charge in [-0.1, -0.05) is 19.1 Å². The van der Waals surface area contributed by atoms with Crippen LogP contribution in [0.25, 0.3) is 0 Å². The summed E-state index contributed by atoms with van der Waals surface area (Å²) in [5, 5.41) is 11.6. The third kappa shape index (κ3) is 4.28. The first-order valence-electron chi connectivity index (χ1n) is 6.26. The van der Waals surface area contributed by atoms with E-state index in [0.29, 0.717) is 18.5 Å². The number of hydrogen-bond acceptors (Lipinski definition) is 3. The lowest BCUT2D eigenvalue weighted by atomic mass is 9.98. The van der Waals surface area contributed by atoms with E-state index in [-0.39, 0.29) is 12.3 Å². The Morgan fingerprint density at radius 2 is 1.89 bits per heavy atom. The quantitative estimate of drug-likeness (QED) is 0.680. The Morgan fingerprint density at radius 1 is 1.32 bits per heavy atom. The molecule has 5 heteroatoms. The summed E-state index contributed by atoms with van der Waals surface area (Å²) in [7, 11) is 0. The van der Waals surface area contributed by atoms with Gasteiger partial charge in [0.1, 0.15) is 5.54 Å². The minimum absolute atomic E-state index is 0.257. The molecule has 19 heavy (non-hydrogen) atoms. The summed E-state index contributed by atoms with van der Waals surface area (Å²) >= 11 is 0. The van der Waals surface area contributed by atoms with Crippen molar-refractivity contribution in [3.8, 4) is 0 Å². The molecule has 0 bridgehead atoms. The van der Waals surface area contributed by atoms with Crippen LogP contribution < -0.4 is 11.1 Å². The van der Waals surface area contributed by atoms with E-state index in [0.717, 1.165) is 5.56 Å². The molecule has 0 aliphatic rings. The maximum atomic E-state index is 11.8. The first-order chi connectivity index (χ1) is 8.87. The summed E-state index contributed by atoms with van der Waals surface area (Å²) in [6, 6.07) is 7.28. The van der Waals surface area contributed by atoms with Crippen LogP contribution in [-0.2, 0) is 16.0 Å². The van der Waals surface area contributed by atoms with E-state index in [4.69, 9.17) is 10.8 Å². The molecule has 1 atom stereocenters. The molecule has 5 nitrogen and oxygen atoms in total. The van der Waals surface area contributed by atoms with Crippen molar-refractivity contribution in [1.82, 2.24) is 5.32 Å². The number of rotatable bonds is 6. The highest BCUT2D eigenvalue weighted by Crippen LogP contribution is 2.11. The van der Waals surface area contributed by atoms with Gasteiger partial charge in [0.2, 0.25) is 5.91 Å². The van der Waals surface area contributed by atoms with Gasteiger partial charge in [-0.3, -0.25) is 4.79 Å². The molecule has 0 heterocycles. The lowest BCUT2D eigenvalue weighted by Gasteiger charge is -2.24. The first-order valence-corrected chi connectivity index (χ1v) is 6.26. The molecule has 1 amide bonds. The first kappa shape index (κ1) is 15.0. The number of nitrogens with one attached hydrogen (secondary N) is 1. The summed E-state index contributed by atoms with van der Waals surface area (Å²) in [5.74, 6) is -1.28. The number of amides is 1. The van der Waals surface area contributed by atoms with E-state index >= 15 is 0 Å².